The molecule has 23 heavy (non-hydrogen) atoms. The van der Waals surface area contributed by atoms with Crippen LogP contribution >= 0.6 is 0 Å². The first-order chi connectivity index (χ1) is 10.8. The number of aliphatic imine (C=N–C) groups is 1. The summed E-state index contributed by atoms with van der Waals surface area (Å²) >= 11 is 0. The van der Waals surface area contributed by atoms with Crippen LogP contribution in [0.25, 0.3) is 0 Å². The molecule has 1 aliphatic carbocycles. The first kappa shape index (κ1) is 15.9. The van der Waals surface area contributed by atoms with Gasteiger partial charge in [-0.25, -0.2) is 9.98 Å². The topological polar surface area (TPSA) is 74.6 Å². The highest BCUT2D eigenvalue weighted by atomic mass is 16.3. The van der Waals surface area contributed by atoms with E-state index in [9.17, 15) is 9.90 Å². The Morgan fingerprint density at radius 3 is 2.91 bits per heavy atom. The van der Waals surface area contributed by atoms with E-state index in [1.165, 1.54) is 12.8 Å². The number of pyridine rings is 1. The van der Waals surface area contributed by atoms with Gasteiger partial charge in [0.1, 0.15) is 5.82 Å². The molecule has 1 saturated carbocycles. The number of hydrogen-bond donors (Lipinski definition) is 2. The molecule has 0 aromatic carbocycles. The maximum absolute atomic E-state index is 12.2. The van der Waals surface area contributed by atoms with Gasteiger partial charge in [-0.3, -0.25) is 4.79 Å². The lowest BCUT2D eigenvalue weighted by Crippen LogP contribution is -2.29. The number of hydrogen-bond acceptors (Lipinski definition) is 4. The minimum absolute atomic E-state index is 0.169. The quantitative estimate of drug-likeness (QED) is 0.614. The van der Waals surface area contributed by atoms with Crippen molar-refractivity contribution in [3.63, 3.8) is 0 Å². The van der Waals surface area contributed by atoms with Crippen LogP contribution in [0.4, 0.5) is 5.82 Å². The van der Waals surface area contributed by atoms with E-state index in [-0.39, 0.29) is 5.91 Å². The lowest BCUT2D eigenvalue weighted by atomic mass is 9.66. The van der Waals surface area contributed by atoms with Crippen LogP contribution in [0.1, 0.15) is 43.5 Å². The standard InChI is InChI=1S/C17H21BN3O2/c1-10(17(2,3)23)6-7-19-16(22)12-8-13-15(20-9-12)21-14(18-13)11-4-5-11/h8-9,11,23H,1,4-7H2,2-3H3,(H,19,22). The average Bonchev–Trinajstić information content (AvgIpc) is 3.25. The highest BCUT2D eigenvalue weighted by Gasteiger charge is 2.32. The van der Waals surface area contributed by atoms with E-state index >= 15 is 0 Å². The maximum Gasteiger partial charge on any atom is 0.252 e. The van der Waals surface area contributed by atoms with E-state index in [2.05, 4.69) is 21.9 Å². The van der Waals surface area contributed by atoms with Gasteiger partial charge in [0, 0.05) is 12.7 Å². The first-order valence-corrected chi connectivity index (χ1v) is 7.97. The fraction of sp³-hybridized carbons (Fsp3) is 0.471. The average molecular weight is 310 g/mol. The van der Waals surface area contributed by atoms with Crippen molar-refractivity contribution in [3.8, 4) is 0 Å². The molecule has 3 rings (SSSR count). The summed E-state index contributed by atoms with van der Waals surface area (Å²) in [6.07, 6.45) is 4.49. The molecule has 0 bridgehead atoms. The summed E-state index contributed by atoms with van der Waals surface area (Å²) in [5.74, 6) is 1.12. The summed E-state index contributed by atoms with van der Waals surface area (Å²) in [4.78, 5) is 21.0. The van der Waals surface area contributed by atoms with Crippen molar-refractivity contribution in [3.05, 3.63) is 30.0 Å². The van der Waals surface area contributed by atoms with Crippen molar-refractivity contribution >= 4 is 30.1 Å². The van der Waals surface area contributed by atoms with Crippen LogP contribution in [-0.4, -0.2) is 41.0 Å². The van der Waals surface area contributed by atoms with Gasteiger partial charge in [0.25, 0.3) is 5.91 Å². The molecule has 1 radical (unpaired) electrons. The maximum atomic E-state index is 12.2. The number of nitrogens with one attached hydrogen (secondary N) is 1. The Kier molecular flexibility index (Phi) is 4.10. The van der Waals surface area contributed by atoms with Crippen LogP contribution in [0.5, 0.6) is 0 Å². The second kappa shape index (κ2) is 5.93. The number of carbonyl (C=O) groups is 1. The molecule has 0 spiro atoms. The Morgan fingerprint density at radius 2 is 2.26 bits per heavy atom. The van der Waals surface area contributed by atoms with Gasteiger partial charge in [0.15, 0.2) is 0 Å². The van der Waals surface area contributed by atoms with Gasteiger partial charge in [-0.1, -0.05) is 6.58 Å². The van der Waals surface area contributed by atoms with Gasteiger partial charge in [0.05, 0.1) is 11.2 Å². The molecule has 1 amide bonds. The van der Waals surface area contributed by atoms with Gasteiger partial charge in [0.2, 0.25) is 7.28 Å². The molecule has 119 valence electrons. The monoisotopic (exact) mass is 310 g/mol. The van der Waals surface area contributed by atoms with E-state index < -0.39 is 5.60 Å². The fourth-order valence-electron chi connectivity index (χ4n) is 2.44. The summed E-state index contributed by atoms with van der Waals surface area (Å²) in [6, 6.07) is 1.83. The Balaban J connectivity index is 1.56. The number of carbonyl (C=O) groups excluding carboxylic acids is 1. The summed E-state index contributed by atoms with van der Waals surface area (Å²) in [5.41, 5.74) is 2.31. The first-order valence-electron chi connectivity index (χ1n) is 7.97. The normalized spacial score (nSPS) is 16.4. The number of aromatic nitrogens is 1. The van der Waals surface area contributed by atoms with E-state index in [1.54, 1.807) is 20.0 Å². The molecule has 0 unspecified atom stereocenters. The smallest absolute Gasteiger partial charge is 0.252 e. The van der Waals surface area contributed by atoms with Crippen molar-refractivity contribution in [2.45, 2.75) is 38.7 Å². The van der Waals surface area contributed by atoms with Gasteiger partial charge >= 0.3 is 0 Å². The predicted octanol–water partition coefficient (Wildman–Crippen LogP) is 1.31. The van der Waals surface area contributed by atoms with E-state index in [0.717, 1.165) is 11.1 Å². The number of nitrogens with zero attached hydrogens (tertiary/aromatic N) is 2. The third-order valence-corrected chi connectivity index (χ3v) is 4.27. The molecule has 2 aliphatic rings. The van der Waals surface area contributed by atoms with Gasteiger partial charge in [-0.2, -0.15) is 0 Å². The summed E-state index contributed by atoms with van der Waals surface area (Å²) in [5, 5.41) is 12.6. The van der Waals surface area contributed by atoms with Gasteiger partial charge < -0.3 is 10.4 Å². The van der Waals surface area contributed by atoms with Crippen molar-refractivity contribution in [2.75, 3.05) is 6.54 Å². The van der Waals surface area contributed by atoms with Crippen molar-refractivity contribution < 1.29 is 9.90 Å². The summed E-state index contributed by atoms with van der Waals surface area (Å²) in [6.45, 7) is 7.66. The molecule has 2 heterocycles. The van der Waals surface area contributed by atoms with Crippen molar-refractivity contribution in [1.82, 2.24) is 10.3 Å². The third-order valence-electron chi connectivity index (χ3n) is 4.27. The minimum atomic E-state index is -0.925. The molecule has 5 nitrogen and oxygen atoms in total. The van der Waals surface area contributed by atoms with Crippen LogP contribution in [0.15, 0.2) is 29.4 Å². The van der Waals surface area contributed by atoms with Crippen LogP contribution in [0.2, 0.25) is 0 Å². The second-order valence-corrected chi connectivity index (χ2v) is 6.76. The van der Waals surface area contributed by atoms with Gasteiger partial charge in [-0.15, -0.1) is 0 Å². The number of amides is 1. The van der Waals surface area contributed by atoms with Crippen molar-refractivity contribution in [1.29, 1.82) is 0 Å². The molecule has 2 N–H and O–H groups in total. The van der Waals surface area contributed by atoms with Crippen LogP contribution < -0.4 is 10.8 Å². The van der Waals surface area contributed by atoms with Gasteiger partial charge in [-0.05, 0) is 61.7 Å². The van der Waals surface area contributed by atoms with Crippen LogP contribution in [0.3, 0.4) is 0 Å². The molecular formula is C17H21BN3O2. The summed E-state index contributed by atoms with van der Waals surface area (Å²) < 4.78 is 0. The molecule has 1 fully saturated rings. The Bertz CT molecular complexity index is 688. The van der Waals surface area contributed by atoms with E-state index in [0.29, 0.717) is 35.8 Å². The zero-order valence-corrected chi connectivity index (χ0v) is 13.6. The van der Waals surface area contributed by atoms with E-state index in [4.69, 9.17) is 0 Å². The van der Waals surface area contributed by atoms with Crippen LogP contribution in [-0.2, 0) is 0 Å². The predicted molar refractivity (Wildman–Crippen MR) is 91.8 cm³/mol. The van der Waals surface area contributed by atoms with E-state index in [1.807, 2.05) is 13.3 Å². The molecule has 0 saturated heterocycles. The van der Waals surface area contributed by atoms with Crippen molar-refractivity contribution in [2.24, 2.45) is 10.9 Å². The largest absolute Gasteiger partial charge is 0.386 e. The second-order valence-electron chi connectivity index (χ2n) is 6.76. The fourth-order valence-corrected chi connectivity index (χ4v) is 2.44. The Hall–Kier alpha value is -1.95. The Morgan fingerprint density at radius 1 is 1.52 bits per heavy atom. The SMILES string of the molecule is C=C(CCNC(=O)c1cnc2c(c1)[B]C(C1CC1)=N2)C(C)(C)O. The number of rotatable bonds is 6. The lowest BCUT2D eigenvalue weighted by Gasteiger charge is -2.20. The number of fused-ring (bicyclic) bond motifs is 1. The number of aliphatic hydroxyl groups is 1. The zero-order chi connectivity index (χ0) is 16.6. The highest BCUT2D eigenvalue weighted by molar-refractivity contribution is 6.88. The third kappa shape index (κ3) is 3.70. The molecule has 0 atom stereocenters. The molecule has 1 aromatic heterocycles. The highest BCUT2D eigenvalue weighted by Crippen LogP contribution is 2.33. The molecule has 6 heteroatoms. The summed E-state index contributed by atoms with van der Waals surface area (Å²) in [7, 11) is 2.03. The molecule has 1 aromatic rings. The Labute approximate surface area is 137 Å². The minimum Gasteiger partial charge on any atom is -0.386 e. The molecule has 1 aliphatic heterocycles. The van der Waals surface area contributed by atoms with Crippen LogP contribution in [0, 0.1) is 5.92 Å². The lowest BCUT2D eigenvalue weighted by molar-refractivity contribution is 0.0945. The molecular weight excluding hydrogens is 289 g/mol. The zero-order valence-electron chi connectivity index (χ0n) is 13.6.